The van der Waals surface area contributed by atoms with Crippen molar-refractivity contribution in [1.82, 2.24) is 9.13 Å². The molecule has 0 spiro atoms. The zero-order chi connectivity index (χ0) is 11.7. The number of aromatic nitrogens is 2. The van der Waals surface area contributed by atoms with Crippen LogP contribution in [0.25, 0.3) is 0 Å². The fourth-order valence-electron chi connectivity index (χ4n) is 1.26. The van der Waals surface area contributed by atoms with Crippen LogP contribution in [0.3, 0.4) is 0 Å². The smallest absolute Gasteiger partial charge is 0.330 e. The molecule has 3 N–H and O–H groups in total. The van der Waals surface area contributed by atoms with Crippen molar-refractivity contribution in [2.45, 2.75) is 0 Å². The minimum atomic E-state index is -0.954. The van der Waals surface area contributed by atoms with Gasteiger partial charge in [0.15, 0.2) is 0 Å². The first-order valence-corrected chi connectivity index (χ1v) is 4.02. The standard InChI is InChI=1S/C8H10N4O3/c1-11-4(3-9)5(6(10)13)7(14)12(2)8(11)15/h3,9H,1-2H3,(H2,10,13). The molecule has 0 saturated carbocycles. The van der Waals surface area contributed by atoms with Crippen LogP contribution in [0.2, 0.25) is 0 Å². The van der Waals surface area contributed by atoms with E-state index in [1.54, 1.807) is 0 Å². The van der Waals surface area contributed by atoms with E-state index in [0.29, 0.717) is 0 Å². The van der Waals surface area contributed by atoms with Crippen molar-refractivity contribution in [2.75, 3.05) is 0 Å². The largest absolute Gasteiger partial charge is 0.365 e. The van der Waals surface area contributed by atoms with Gasteiger partial charge in [-0.05, 0) is 0 Å². The van der Waals surface area contributed by atoms with E-state index < -0.39 is 17.2 Å². The highest BCUT2D eigenvalue weighted by molar-refractivity contribution is 5.99. The normalized spacial score (nSPS) is 10.0. The Kier molecular flexibility index (Phi) is 2.56. The maximum Gasteiger partial charge on any atom is 0.330 e. The first-order chi connectivity index (χ1) is 6.91. The van der Waals surface area contributed by atoms with Gasteiger partial charge >= 0.3 is 5.69 Å². The van der Waals surface area contributed by atoms with Crippen LogP contribution in [-0.2, 0) is 14.1 Å². The molecule has 0 aliphatic rings. The van der Waals surface area contributed by atoms with Crippen molar-refractivity contribution in [3.05, 3.63) is 32.1 Å². The van der Waals surface area contributed by atoms with Crippen LogP contribution in [0.1, 0.15) is 16.1 Å². The van der Waals surface area contributed by atoms with E-state index in [2.05, 4.69) is 0 Å². The van der Waals surface area contributed by atoms with Gasteiger partial charge in [-0.15, -0.1) is 0 Å². The number of hydrogen-bond acceptors (Lipinski definition) is 4. The van der Waals surface area contributed by atoms with Gasteiger partial charge in [-0.2, -0.15) is 0 Å². The Morgan fingerprint density at radius 1 is 1.33 bits per heavy atom. The topological polar surface area (TPSA) is 111 Å². The van der Waals surface area contributed by atoms with Gasteiger partial charge in [0.05, 0.1) is 5.69 Å². The highest BCUT2D eigenvalue weighted by Gasteiger charge is 2.17. The molecule has 7 heteroatoms. The molecule has 80 valence electrons. The quantitative estimate of drug-likeness (QED) is 0.560. The van der Waals surface area contributed by atoms with Crippen LogP contribution < -0.4 is 17.0 Å². The first-order valence-electron chi connectivity index (χ1n) is 4.02. The average Bonchev–Trinajstić information content (AvgIpc) is 2.19. The zero-order valence-corrected chi connectivity index (χ0v) is 8.27. The molecule has 0 atom stereocenters. The van der Waals surface area contributed by atoms with Crippen molar-refractivity contribution in [2.24, 2.45) is 19.8 Å². The summed E-state index contributed by atoms with van der Waals surface area (Å²) >= 11 is 0. The SMILES string of the molecule is Cn1c(C=N)c(C(N)=O)c(=O)n(C)c1=O. The third-order valence-electron chi connectivity index (χ3n) is 2.09. The summed E-state index contributed by atoms with van der Waals surface area (Å²) in [6.07, 6.45) is 0.753. The second kappa shape index (κ2) is 3.52. The van der Waals surface area contributed by atoms with Gasteiger partial charge in [-0.1, -0.05) is 0 Å². The summed E-state index contributed by atoms with van der Waals surface area (Å²) in [6.45, 7) is 0. The number of rotatable bonds is 2. The molecule has 0 bridgehead atoms. The third-order valence-corrected chi connectivity index (χ3v) is 2.09. The zero-order valence-electron chi connectivity index (χ0n) is 8.27. The Balaban J connectivity index is 3.96. The molecule has 0 saturated heterocycles. The van der Waals surface area contributed by atoms with E-state index in [-0.39, 0.29) is 11.3 Å². The summed E-state index contributed by atoms with van der Waals surface area (Å²) in [5.41, 5.74) is 3.17. The summed E-state index contributed by atoms with van der Waals surface area (Å²) in [5.74, 6) is -0.954. The summed E-state index contributed by atoms with van der Waals surface area (Å²) < 4.78 is 1.79. The fourth-order valence-corrected chi connectivity index (χ4v) is 1.26. The summed E-state index contributed by atoms with van der Waals surface area (Å²) in [6, 6.07) is 0. The molecule has 1 amide bonds. The molecule has 0 fully saturated rings. The van der Waals surface area contributed by atoms with Crippen LogP contribution in [0.5, 0.6) is 0 Å². The molecule has 0 aliphatic carbocycles. The Bertz CT molecular complexity index is 552. The second-order valence-corrected chi connectivity index (χ2v) is 2.97. The molecule has 15 heavy (non-hydrogen) atoms. The van der Waals surface area contributed by atoms with Crippen LogP contribution in [0.15, 0.2) is 9.59 Å². The van der Waals surface area contributed by atoms with Crippen LogP contribution in [-0.4, -0.2) is 21.3 Å². The lowest BCUT2D eigenvalue weighted by atomic mass is 10.2. The summed E-state index contributed by atoms with van der Waals surface area (Å²) in [5, 5.41) is 7.04. The van der Waals surface area contributed by atoms with Crippen LogP contribution >= 0.6 is 0 Å². The Labute approximate surface area is 84.3 Å². The lowest BCUT2D eigenvalue weighted by Gasteiger charge is -2.08. The number of nitrogens with zero attached hydrogens (tertiary/aromatic N) is 2. The minimum absolute atomic E-state index is 0.0874. The number of amides is 1. The number of hydrogen-bond donors (Lipinski definition) is 2. The van der Waals surface area contributed by atoms with Gasteiger partial charge in [0.2, 0.25) is 0 Å². The molecular formula is C8H10N4O3. The van der Waals surface area contributed by atoms with E-state index in [1.807, 2.05) is 0 Å². The van der Waals surface area contributed by atoms with Gasteiger partial charge in [0, 0.05) is 20.3 Å². The predicted octanol–water partition coefficient (Wildman–Crippen LogP) is -1.82. The van der Waals surface area contributed by atoms with Crippen molar-refractivity contribution in [3.63, 3.8) is 0 Å². The van der Waals surface area contributed by atoms with Gasteiger partial charge in [0.25, 0.3) is 11.5 Å². The maximum atomic E-state index is 11.5. The van der Waals surface area contributed by atoms with Crippen molar-refractivity contribution in [3.8, 4) is 0 Å². The van der Waals surface area contributed by atoms with Gasteiger partial charge in [0.1, 0.15) is 5.56 Å². The van der Waals surface area contributed by atoms with E-state index >= 15 is 0 Å². The molecule has 1 aromatic heterocycles. The fraction of sp³-hybridized carbons (Fsp3) is 0.250. The minimum Gasteiger partial charge on any atom is -0.365 e. The molecule has 1 rings (SSSR count). The second-order valence-electron chi connectivity index (χ2n) is 2.97. The number of carbonyl (C=O) groups is 1. The number of nitrogens with two attached hydrogens (primary N) is 1. The lowest BCUT2D eigenvalue weighted by Crippen LogP contribution is -2.43. The van der Waals surface area contributed by atoms with Crippen LogP contribution in [0.4, 0.5) is 0 Å². The number of nitrogens with one attached hydrogen (secondary N) is 1. The molecule has 0 unspecified atom stereocenters. The van der Waals surface area contributed by atoms with E-state index in [1.165, 1.54) is 14.1 Å². The van der Waals surface area contributed by atoms with Crippen LogP contribution in [0, 0.1) is 5.41 Å². The molecule has 0 radical (unpaired) electrons. The van der Waals surface area contributed by atoms with E-state index in [9.17, 15) is 14.4 Å². The molecule has 1 heterocycles. The van der Waals surface area contributed by atoms with E-state index in [4.69, 9.17) is 11.1 Å². The van der Waals surface area contributed by atoms with Crippen molar-refractivity contribution < 1.29 is 4.79 Å². The van der Waals surface area contributed by atoms with Gasteiger partial charge in [-0.3, -0.25) is 18.7 Å². The Morgan fingerprint density at radius 3 is 2.27 bits per heavy atom. The first kappa shape index (κ1) is 10.9. The summed E-state index contributed by atoms with van der Waals surface area (Å²) in [4.78, 5) is 33.9. The van der Waals surface area contributed by atoms with Crippen molar-refractivity contribution >= 4 is 12.1 Å². The maximum absolute atomic E-state index is 11.5. The predicted molar refractivity (Wildman–Crippen MR) is 53.3 cm³/mol. The number of carbonyl (C=O) groups excluding carboxylic acids is 1. The molecule has 0 aromatic carbocycles. The molecule has 1 aromatic rings. The van der Waals surface area contributed by atoms with Gasteiger partial charge < -0.3 is 11.1 Å². The van der Waals surface area contributed by atoms with Crippen molar-refractivity contribution in [1.29, 1.82) is 5.41 Å². The number of primary amides is 1. The monoisotopic (exact) mass is 210 g/mol. The van der Waals surface area contributed by atoms with E-state index in [0.717, 1.165) is 15.3 Å². The van der Waals surface area contributed by atoms with Gasteiger partial charge in [-0.25, -0.2) is 4.79 Å². The Morgan fingerprint density at radius 2 is 1.87 bits per heavy atom. The lowest BCUT2D eigenvalue weighted by molar-refractivity contribution is 0.0997. The summed E-state index contributed by atoms with van der Waals surface area (Å²) in [7, 11) is 2.60. The molecule has 0 aliphatic heterocycles. The molecular weight excluding hydrogens is 200 g/mol. The third kappa shape index (κ3) is 1.47. The highest BCUT2D eigenvalue weighted by atomic mass is 16.2. The molecule has 7 nitrogen and oxygen atoms in total. The average molecular weight is 210 g/mol. The highest BCUT2D eigenvalue weighted by Crippen LogP contribution is 1.95. The Hall–Kier alpha value is -2.18.